The lowest BCUT2D eigenvalue weighted by Crippen LogP contribution is -2.57. The van der Waals surface area contributed by atoms with E-state index in [1.54, 1.807) is 24.9 Å². The SMILES string of the molecule is Cc1occc1C(=O)N1CC[C@@H]2[C@@H](CCC(=O)N2CCc2cnc[nH]2)C1. The number of rotatable bonds is 4. The molecule has 0 unspecified atom stereocenters. The van der Waals surface area contributed by atoms with Gasteiger partial charge >= 0.3 is 0 Å². The first kappa shape index (κ1) is 16.9. The Labute approximate surface area is 152 Å². The van der Waals surface area contributed by atoms with Gasteiger partial charge in [-0.25, -0.2) is 4.98 Å². The molecule has 2 saturated heterocycles. The number of piperidine rings is 2. The van der Waals surface area contributed by atoms with Gasteiger partial charge in [-0.2, -0.15) is 0 Å². The number of amides is 2. The molecular weight excluding hydrogens is 332 g/mol. The lowest BCUT2D eigenvalue weighted by molar-refractivity contribution is -0.140. The van der Waals surface area contributed by atoms with Crippen molar-refractivity contribution in [3.8, 4) is 0 Å². The van der Waals surface area contributed by atoms with E-state index in [1.807, 2.05) is 16.7 Å². The molecule has 0 spiro atoms. The summed E-state index contributed by atoms with van der Waals surface area (Å²) in [4.78, 5) is 36.3. The second-order valence-corrected chi connectivity index (χ2v) is 7.21. The average Bonchev–Trinajstić information content (AvgIpc) is 3.31. The highest BCUT2D eigenvalue weighted by Crippen LogP contribution is 2.32. The largest absolute Gasteiger partial charge is 0.469 e. The van der Waals surface area contributed by atoms with Gasteiger partial charge in [0.15, 0.2) is 0 Å². The number of likely N-dealkylation sites (tertiary alicyclic amines) is 2. The van der Waals surface area contributed by atoms with Crippen molar-refractivity contribution in [2.45, 2.75) is 38.6 Å². The maximum absolute atomic E-state index is 12.8. The number of fused-ring (bicyclic) bond motifs is 1. The van der Waals surface area contributed by atoms with Gasteiger partial charge in [-0.15, -0.1) is 0 Å². The predicted molar refractivity (Wildman–Crippen MR) is 94.5 cm³/mol. The highest BCUT2D eigenvalue weighted by molar-refractivity contribution is 5.95. The maximum atomic E-state index is 12.8. The van der Waals surface area contributed by atoms with E-state index in [0.717, 1.165) is 25.0 Å². The molecular formula is C19H24N4O3. The zero-order valence-corrected chi connectivity index (χ0v) is 15.0. The number of aryl methyl sites for hydroxylation is 1. The number of aromatic amines is 1. The minimum atomic E-state index is 0.0376. The lowest BCUT2D eigenvalue weighted by Gasteiger charge is -2.47. The molecule has 138 valence electrons. The molecule has 2 aromatic heterocycles. The van der Waals surface area contributed by atoms with Crippen molar-refractivity contribution in [2.75, 3.05) is 19.6 Å². The molecule has 2 amide bonds. The monoisotopic (exact) mass is 356 g/mol. The van der Waals surface area contributed by atoms with Crippen LogP contribution in [0.2, 0.25) is 0 Å². The zero-order chi connectivity index (χ0) is 18.1. The topological polar surface area (TPSA) is 82.4 Å². The summed E-state index contributed by atoms with van der Waals surface area (Å²) in [6.07, 6.45) is 8.08. The molecule has 2 fully saturated rings. The molecule has 26 heavy (non-hydrogen) atoms. The first-order chi connectivity index (χ1) is 12.6. The number of imidazole rings is 1. The third kappa shape index (κ3) is 3.13. The van der Waals surface area contributed by atoms with Crippen LogP contribution < -0.4 is 0 Å². The summed E-state index contributed by atoms with van der Waals surface area (Å²) in [6, 6.07) is 1.97. The van der Waals surface area contributed by atoms with E-state index in [9.17, 15) is 9.59 Å². The Hall–Kier alpha value is -2.57. The number of carbonyl (C=O) groups is 2. The van der Waals surface area contributed by atoms with Crippen molar-refractivity contribution in [3.05, 3.63) is 41.9 Å². The van der Waals surface area contributed by atoms with Crippen LogP contribution >= 0.6 is 0 Å². The van der Waals surface area contributed by atoms with Crippen molar-refractivity contribution < 1.29 is 14.0 Å². The normalized spacial score (nSPS) is 23.2. The minimum Gasteiger partial charge on any atom is -0.469 e. The Morgan fingerprint density at radius 1 is 1.42 bits per heavy atom. The summed E-state index contributed by atoms with van der Waals surface area (Å²) >= 11 is 0. The smallest absolute Gasteiger partial charge is 0.257 e. The van der Waals surface area contributed by atoms with Crippen LogP contribution in [-0.2, 0) is 11.2 Å². The van der Waals surface area contributed by atoms with Gasteiger partial charge in [0.05, 0.1) is 18.2 Å². The van der Waals surface area contributed by atoms with E-state index in [2.05, 4.69) is 9.97 Å². The van der Waals surface area contributed by atoms with E-state index in [4.69, 9.17) is 4.42 Å². The Morgan fingerprint density at radius 3 is 3.04 bits per heavy atom. The van der Waals surface area contributed by atoms with Gasteiger partial charge in [0.1, 0.15) is 5.76 Å². The molecule has 0 bridgehead atoms. The number of nitrogens with one attached hydrogen (secondary N) is 1. The van der Waals surface area contributed by atoms with E-state index < -0.39 is 0 Å². The van der Waals surface area contributed by atoms with E-state index in [-0.39, 0.29) is 17.9 Å². The van der Waals surface area contributed by atoms with Crippen LogP contribution in [0.25, 0.3) is 0 Å². The Kier molecular flexibility index (Phi) is 4.53. The fourth-order valence-electron chi connectivity index (χ4n) is 4.27. The molecule has 1 N–H and O–H groups in total. The third-order valence-electron chi connectivity index (χ3n) is 5.70. The highest BCUT2D eigenvalue weighted by Gasteiger charge is 2.40. The zero-order valence-electron chi connectivity index (χ0n) is 15.0. The van der Waals surface area contributed by atoms with Crippen LogP contribution in [0.3, 0.4) is 0 Å². The lowest BCUT2D eigenvalue weighted by atomic mass is 9.83. The van der Waals surface area contributed by atoms with Gasteiger partial charge in [0.25, 0.3) is 5.91 Å². The molecule has 0 aliphatic carbocycles. The van der Waals surface area contributed by atoms with Crippen LogP contribution in [0.5, 0.6) is 0 Å². The third-order valence-corrected chi connectivity index (χ3v) is 5.70. The van der Waals surface area contributed by atoms with Gasteiger partial charge in [0.2, 0.25) is 5.91 Å². The van der Waals surface area contributed by atoms with E-state index >= 15 is 0 Å². The number of carbonyl (C=O) groups excluding carboxylic acids is 2. The molecule has 0 radical (unpaired) electrons. The number of furan rings is 1. The van der Waals surface area contributed by atoms with Crippen molar-refractivity contribution in [1.29, 1.82) is 0 Å². The van der Waals surface area contributed by atoms with Crippen molar-refractivity contribution in [2.24, 2.45) is 5.92 Å². The molecule has 4 heterocycles. The number of hydrogen-bond acceptors (Lipinski definition) is 4. The molecule has 0 aromatic carbocycles. The second-order valence-electron chi connectivity index (χ2n) is 7.21. The van der Waals surface area contributed by atoms with E-state index in [1.165, 1.54) is 0 Å². The van der Waals surface area contributed by atoms with Crippen molar-refractivity contribution in [3.63, 3.8) is 0 Å². The summed E-state index contributed by atoms with van der Waals surface area (Å²) in [5.41, 5.74) is 1.69. The number of H-pyrrole nitrogens is 1. The van der Waals surface area contributed by atoms with Crippen LogP contribution in [-0.4, -0.2) is 57.3 Å². The number of aromatic nitrogens is 2. The molecule has 7 nitrogen and oxygen atoms in total. The highest BCUT2D eigenvalue weighted by atomic mass is 16.3. The molecule has 2 aliphatic heterocycles. The first-order valence-electron chi connectivity index (χ1n) is 9.23. The number of hydrogen-bond donors (Lipinski definition) is 1. The summed E-state index contributed by atoms with van der Waals surface area (Å²) in [6.45, 7) is 3.91. The molecule has 0 saturated carbocycles. The molecule has 2 aliphatic rings. The first-order valence-corrected chi connectivity index (χ1v) is 9.23. The fraction of sp³-hybridized carbons (Fsp3) is 0.526. The Bertz CT molecular complexity index is 783. The second kappa shape index (κ2) is 6.97. The summed E-state index contributed by atoms with van der Waals surface area (Å²) in [7, 11) is 0. The van der Waals surface area contributed by atoms with Gasteiger partial charge in [0, 0.05) is 50.4 Å². The molecule has 4 rings (SSSR count). The molecule has 2 aromatic rings. The van der Waals surface area contributed by atoms with Crippen LogP contribution in [0, 0.1) is 12.8 Å². The number of nitrogens with zero attached hydrogens (tertiary/aromatic N) is 3. The Balaban J connectivity index is 1.42. The van der Waals surface area contributed by atoms with Crippen LogP contribution in [0.1, 0.15) is 41.1 Å². The van der Waals surface area contributed by atoms with Crippen molar-refractivity contribution >= 4 is 11.8 Å². The van der Waals surface area contributed by atoms with Gasteiger partial charge in [-0.05, 0) is 31.7 Å². The van der Waals surface area contributed by atoms with Gasteiger partial charge in [-0.1, -0.05) is 0 Å². The minimum absolute atomic E-state index is 0.0376. The maximum Gasteiger partial charge on any atom is 0.257 e. The Morgan fingerprint density at radius 2 is 2.31 bits per heavy atom. The molecule has 7 heteroatoms. The summed E-state index contributed by atoms with van der Waals surface area (Å²) < 4.78 is 5.27. The molecule has 2 atom stereocenters. The summed E-state index contributed by atoms with van der Waals surface area (Å²) in [5.74, 6) is 1.28. The predicted octanol–water partition coefficient (Wildman–Crippen LogP) is 2.01. The standard InChI is InChI=1S/C19H24N4O3/c1-13-16(6-9-26-13)19(25)22-7-5-17-14(11-22)2-3-18(24)23(17)8-4-15-10-20-12-21-15/h6,9-10,12,14,17H,2-5,7-8,11H2,1H3,(H,20,21)/t14-,17+/m0/s1. The van der Waals surface area contributed by atoms with E-state index in [0.29, 0.717) is 43.3 Å². The summed E-state index contributed by atoms with van der Waals surface area (Å²) in [5, 5.41) is 0. The average molecular weight is 356 g/mol. The van der Waals surface area contributed by atoms with Crippen LogP contribution in [0.15, 0.2) is 29.3 Å². The van der Waals surface area contributed by atoms with Crippen molar-refractivity contribution in [1.82, 2.24) is 19.8 Å². The quantitative estimate of drug-likeness (QED) is 0.908. The fourth-order valence-corrected chi connectivity index (χ4v) is 4.27. The van der Waals surface area contributed by atoms with Gasteiger partial charge < -0.3 is 19.2 Å². The van der Waals surface area contributed by atoms with Gasteiger partial charge in [-0.3, -0.25) is 9.59 Å². The van der Waals surface area contributed by atoms with Crippen LogP contribution in [0.4, 0.5) is 0 Å².